The van der Waals surface area contributed by atoms with E-state index in [9.17, 15) is 10.1 Å². The molecule has 0 aliphatic heterocycles. The van der Waals surface area contributed by atoms with Crippen LogP contribution in [0.3, 0.4) is 0 Å². The van der Waals surface area contributed by atoms with Crippen molar-refractivity contribution in [2.75, 3.05) is 6.54 Å². The highest BCUT2D eigenvalue weighted by atomic mass is 16.2. The van der Waals surface area contributed by atoms with E-state index < -0.39 is 6.04 Å². The van der Waals surface area contributed by atoms with Crippen molar-refractivity contribution in [3.8, 4) is 6.07 Å². The minimum atomic E-state index is -0.555. The van der Waals surface area contributed by atoms with Gasteiger partial charge in [0, 0.05) is 12.1 Å². The van der Waals surface area contributed by atoms with Crippen LogP contribution < -0.4 is 0 Å². The van der Waals surface area contributed by atoms with E-state index >= 15 is 0 Å². The molecule has 0 aromatic heterocycles. The van der Waals surface area contributed by atoms with E-state index in [1.165, 1.54) is 0 Å². The monoisotopic (exact) mass is 292 g/mol. The summed E-state index contributed by atoms with van der Waals surface area (Å²) in [5.74, 6) is -0.0931. The largest absolute Gasteiger partial charge is 0.319 e. The van der Waals surface area contributed by atoms with Crippen LogP contribution in [0.5, 0.6) is 0 Å². The normalized spacial score (nSPS) is 11.5. The van der Waals surface area contributed by atoms with E-state index in [4.69, 9.17) is 0 Å². The van der Waals surface area contributed by atoms with Gasteiger partial charge in [0.2, 0.25) is 0 Å². The molecule has 0 saturated heterocycles. The lowest BCUT2D eigenvalue weighted by molar-refractivity contribution is 0.0714. The van der Waals surface area contributed by atoms with Gasteiger partial charge in [-0.25, -0.2) is 0 Å². The highest BCUT2D eigenvalue weighted by Gasteiger charge is 2.25. The fourth-order valence-electron chi connectivity index (χ4n) is 2.38. The van der Waals surface area contributed by atoms with Crippen LogP contribution in [0.1, 0.15) is 41.7 Å². The maximum atomic E-state index is 12.8. The third-order valence-electron chi connectivity index (χ3n) is 3.58. The second-order valence-corrected chi connectivity index (χ2v) is 5.16. The molecule has 1 amide bonds. The average Bonchev–Trinajstić information content (AvgIpc) is 2.59. The number of rotatable bonds is 6. The summed E-state index contributed by atoms with van der Waals surface area (Å²) in [6.45, 7) is 2.66. The van der Waals surface area contributed by atoms with Crippen LogP contribution >= 0.6 is 0 Å². The van der Waals surface area contributed by atoms with Crippen molar-refractivity contribution >= 4 is 5.91 Å². The van der Waals surface area contributed by atoms with Gasteiger partial charge < -0.3 is 4.90 Å². The highest BCUT2D eigenvalue weighted by molar-refractivity contribution is 5.94. The first-order valence-corrected chi connectivity index (χ1v) is 7.58. The molecule has 3 heteroatoms. The predicted octanol–water partition coefficient (Wildman–Crippen LogP) is 4.19. The first-order valence-electron chi connectivity index (χ1n) is 7.58. The zero-order valence-corrected chi connectivity index (χ0v) is 12.8. The maximum absolute atomic E-state index is 12.8. The van der Waals surface area contributed by atoms with Crippen molar-refractivity contribution in [1.29, 1.82) is 5.26 Å². The summed E-state index contributed by atoms with van der Waals surface area (Å²) in [5, 5.41) is 9.60. The molecule has 0 spiro atoms. The van der Waals surface area contributed by atoms with Crippen molar-refractivity contribution in [2.24, 2.45) is 0 Å². The van der Waals surface area contributed by atoms with Gasteiger partial charge in [0.1, 0.15) is 6.04 Å². The van der Waals surface area contributed by atoms with Gasteiger partial charge in [0.25, 0.3) is 5.91 Å². The van der Waals surface area contributed by atoms with Crippen LogP contribution in [-0.2, 0) is 0 Å². The van der Waals surface area contributed by atoms with E-state index in [0.717, 1.165) is 18.4 Å². The minimum absolute atomic E-state index is 0.0931. The highest BCUT2D eigenvalue weighted by Crippen LogP contribution is 2.22. The Morgan fingerprint density at radius 3 is 2.23 bits per heavy atom. The van der Waals surface area contributed by atoms with Gasteiger partial charge in [-0.3, -0.25) is 4.79 Å². The number of amides is 1. The zero-order valence-electron chi connectivity index (χ0n) is 12.8. The first kappa shape index (κ1) is 15.8. The van der Waals surface area contributed by atoms with Crippen LogP contribution in [0.2, 0.25) is 0 Å². The Morgan fingerprint density at radius 2 is 1.68 bits per heavy atom. The lowest BCUT2D eigenvalue weighted by Gasteiger charge is -2.27. The molecule has 0 heterocycles. The average molecular weight is 292 g/mol. The Balaban J connectivity index is 2.32. The smallest absolute Gasteiger partial charge is 0.255 e. The quantitative estimate of drug-likeness (QED) is 0.801. The van der Waals surface area contributed by atoms with Crippen LogP contribution in [0.15, 0.2) is 60.7 Å². The Morgan fingerprint density at radius 1 is 1.09 bits per heavy atom. The molecule has 0 bridgehead atoms. The van der Waals surface area contributed by atoms with E-state index in [1.807, 2.05) is 48.5 Å². The summed E-state index contributed by atoms with van der Waals surface area (Å²) in [5.41, 5.74) is 1.47. The Hall–Kier alpha value is -2.60. The van der Waals surface area contributed by atoms with E-state index in [-0.39, 0.29) is 5.91 Å². The SMILES string of the molecule is CCCCN(C(=O)c1ccccc1)[C@H](C#N)c1ccccc1. The molecule has 3 nitrogen and oxygen atoms in total. The molecule has 0 radical (unpaired) electrons. The fraction of sp³-hybridized carbons (Fsp3) is 0.263. The van der Waals surface area contributed by atoms with Crippen LogP contribution in [0.4, 0.5) is 0 Å². The van der Waals surface area contributed by atoms with Crippen LogP contribution in [-0.4, -0.2) is 17.4 Å². The van der Waals surface area contributed by atoms with Gasteiger partial charge in [-0.05, 0) is 24.1 Å². The number of carbonyl (C=O) groups is 1. The van der Waals surface area contributed by atoms with Gasteiger partial charge in [-0.1, -0.05) is 61.9 Å². The third kappa shape index (κ3) is 3.73. The second kappa shape index (κ2) is 7.99. The van der Waals surface area contributed by atoms with E-state index in [0.29, 0.717) is 12.1 Å². The number of carbonyl (C=O) groups excluding carboxylic acids is 1. The molecule has 0 unspecified atom stereocenters. The van der Waals surface area contributed by atoms with Crippen molar-refractivity contribution in [3.05, 3.63) is 71.8 Å². The molecule has 112 valence electrons. The molecule has 2 rings (SSSR count). The molecule has 2 aromatic carbocycles. The molecule has 22 heavy (non-hydrogen) atoms. The summed E-state index contributed by atoms with van der Waals surface area (Å²) in [7, 11) is 0. The molecular formula is C19H20N2O. The topological polar surface area (TPSA) is 44.1 Å². The van der Waals surface area contributed by atoms with Gasteiger partial charge in [0.05, 0.1) is 6.07 Å². The Bertz CT molecular complexity index is 631. The molecule has 2 aromatic rings. The van der Waals surface area contributed by atoms with Crippen molar-refractivity contribution in [1.82, 2.24) is 4.90 Å². The molecule has 0 fully saturated rings. The zero-order chi connectivity index (χ0) is 15.8. The molecule has 0 N–H and O–H groups in total. The van der Waals surface area contributed by atoms with Crippen molar-refractivity contribution in [2.45, 2.75) is 25.8 Å². The number of nitrogens with zero attached hydrogens (tertiary/aromatic N) is 2. The van der Waals surface area contributed by atoms with E-state index in [2.05, 4.69) is 13.0 Å². The number of nitriles is 1. The van der Waals surface area contributed by atoms with Crippen molar-refractivity contribution < 1.29 is 4.79 Å². The lowest BCUT2D eigenvalue weighted by atomic mass is 10.0. The molecule has 0 saturated carbocycles. The summed E-state index contributed by atoms with van der Waals surface area (Å²) < 4.78 is 0. The molecule has 0 aliphatic rings. The van der Waals surface area contributed by atoms with Gasteiger partial charge in [0.15, 0.2) is 0 Å². The summed E-state index contributed by atoms with van der Waals surface area (Å²) in [4.78, 5) is 14.5. The van der Waals surface area contributed by atoms with Crippen molar-refractivity contribution in [3.63, 3.8) is 0 Å². The lowest BCUT2D eigenvalue weighted by Crippen LogP contribution is -2.35. The van der Waals surface area contributed by atoms with Gasteiger partial charge in [-0.15, -0.1) is 0 Å². The maximum Gasteiger partial charge on any atom is 0.255 e. The number of unbranched alkanes of at least 4 members (excludes halogenated alkanes) is 1. The van der Waals surface area contributed by atoms with Gasteiger partial charge in [-0.2, -0.15) is 5.26 Å². The summed E-state index contributed by atoms with van der Waals surface area (Å²) >= 11 is 0. The predicted molar refractivity (Wildman–Crippen MR) is 87.2 cm³/mol. The number of hydrogen-bond donors (Lipinski definition) is 0. The third-order valence-corrected chi connectivity index (χ3v) is 3.58. The second-order valence-electron chi connectivity index (χ2n) is 5.16. The molecular weight excluding hydrogens is 272 g/mol. The summed E-state index contributed by atoms with van der Waals surface area (Å²) in [6, 6.07) is 20.4. The first-order chi connectivity index (χ1) is 10.8. The minimum Gasteiger partial charge on any atom is -0.319 e. The molecule has 0 aliphatic carbocycles. The standard InChI is InChI=1S/C19H20N2O/c1-2-3-14-21(19(22)17-12-8-5-9-13-17)18(15-20)16-10-6-4-7-11-16/h4-13,18H,2-3,14H2,1H3/t18-/m1/s1. The molecule has 1 atom stereocenters. The number of hydrogen-bond acceptors (Lipinski definition) is 2. The van der Waals surface area contributed by atoms with Crippen LogP contribution in [0.25, 0.3) is 0 Å². The van der Waals surface area contributed by atoms with E-state index in [1.54, 1.807) is 17.0 Å². The Labute approximate surface area is 131 Å². The Kier molecular flexibility index (Phi) is 5.73. The fourth-order valence-corrected chi connectivity index (χ4v) is 2.38. The number of benzene rings is 2. The van der Waals surface area contributed by atoms with Gasteiger partial charge >= 0.3 is 0 Å². The van der Waals surface area contributed by atoms with Crippen LogP contribution in [0, 0.1) is 11.3 Å². The summed E-state index contributed by atoms with van der Waals surface area (Å²) in [6.07, 6.45) is 1.86.